The first-order valence-corrected chi connectivity index (χ1v) is 8.77. The molecule has 1 aromatic heterocycles. The van der Waals surface area contributed by atoms with Crippen molar-refractivity contribution in [3.05, 3.63) is 28.9 Å². The number of carbonyl (C=O) groups is 2. The minimum Gasteiger partial charge on any atom is -0.507 e. The maximum atomic E-state index is 12.4. The van der Waals surface area contributed by atoms with Crippen LogP contribution in [0, 0.1) is 0 Å². The number of benzene rings is 1. The minimum atomic E-state index is -0.305. The standard InChI is InChI=1S/C16H19ClN4O4.CH2O2/c17-12-7-10(13(22)8-14(12)23)15-11(9-19-20-15)16(24)18-1-2-21-3-5-25-6-4-21;2-1-3/h7-9,22-23H,1-6H2,(H,18,24)(H,19,20);1H,(H,2,3). The van der Waals surface area contributed by atoms with Crippen molar-refractivity contribution < 1.29 is 29.6 Å². The number of aromatic hydroxyl groups is 2. The Labute approximate surface area is 165 Å². The van der Waals surface area contributed by atoms with E-state index in [9.17, 15) is 15.0 Å². The zero-order valence-corrected chi connectivity index (χ0v) is 15.6. The first-order chi connectivity index (χ1) is 13.5. The third kappa shape index (κ3) is 5.59. The fourth-order valence-electron chi connectivity index (χ4n) is 2.66. The van der Waals surface area contributed by atoms with Gasteiger partial charge in [-0.25, -0.2) is 0 Å². The maximum Gasteiger partial charge on any atom is 0.290 e. The summed E-state index contributed by atoms with van der Waals surface area (Å²) in [6.45, 7) is 4.10. The van der Waals surface area contributed by atoms with Gasteiger partial charge in [-0.1, -0.05) is 11.6 Å². The van der Waals surface area contributed by atoms with E-state index in [-0.39, 0.29) is 28.9 Å². The van der Waals surface area contributed by atoms with Gasteiger partial charge in [-0.05, 0) is 6.07 Å². The van der Waals surface area contributed by atoms with Crippen molar-refractivity contribution in [2.45, 2.75) is 0 Å². The van der Waals surface area contributed by atoms with Crippen LogP contribution in [0.2, 0.25) is 5.02 Å². The molecule has 1 saturated heterocycles. The number of phenols is 2. The number of H-pyrrole nitrogens is 1. The van der Waals surface area contributed by atoms with Gasteiger partial charge in [0.1, 0.15) is 11.5 Å². The van der Waals surface area contributed by atoms with E-state index in [0.29, 0.717) is 36.6 Å². The van der Waals surface area contributed by atoms with E-state index >= 15 is 0 Å². The van der Waals surface area contributed by atoms with Crippen molar-refractivity contribution in [1.82, 2.24) is 20.4 Å². The molecule has 10 nitrogen and oxygen atoms in total. The third-order valence-electron chi connectivity index (χ3n) is 4.04. The molecule has 2 aromatic rings. The second-order valence-corrected chi connectivity index (χ2v) is 6.20. The Balaban J connectivity index is 0.000000878. The number of aromatic amines is 1. The predicted octanol–water partition coefficient (Wildman–Crippen LogP) is 0.904. The topological polar surface area (TPSA) is 148 Å². The number of rotatable bonds is 5. The second-order valence-electron chi connectivity index (χ2n) is 5.79. The van der Waals surface area contributed by atoms with Crippen LogP contribution in [-0.4, -0.2) is 82.2 Å². The zero-order chi connectivity index (χ0) is 20.5. The first kappa shape index (κ1) is 21.5. The Kier molecular flexibility index (Phi) is 8.05. The fourth-order valence-corrected chi connectivity index (χ4v) is 2.83. The Morgan fingerprint density at radius 1 is 1.32 bits per heavy atom. The van der Waals surface area contributed by atoms with Gasteiger partial charge >= 0.3 is 0 Å². The van der Waals surface area contributed by atoms with Gasteiger partial charge in [0.2, 0.25) is 0 Å². The lowest BCUT2D eigenvalue weighted by Gasteiger charge is -2.26. The molecule has 0 aliphatic carbocycles. The molecule has 0 radical (unpaired) electrons. The average molecular weight is 413 g/mol. The lowest BCUT2D eigenvalue weighted by atomic mass is 10.1. The Hall–Kier alpha value is -2.82. The minimum absolute atomic E-state index is 0.0704. The molecule has 1 aliphatic heterocycles. The highest BCUT2D eigenvalue weighted by Gasteiger charge is 2.19. The first-order valence-electron chi connectivity index (χ1n) is 8.39. The van der Waals surface area contributed by atoms with E-state index in [1.165, 1.54) is 12.3 Å². The van der Waals surface area contributed by atoms with Gasteiger partial charge in [0.15, 0.2) is 0 Å². The van der Waals surface area contributed by atoms with Crippen LogP contribution in [-0.2, 0) is 9.53 Å². The van der Waals surface area contributed by atoms with E-state index in [0.717, 1.165) is 25.7 Å². The highest BCUT2D eigenvalue weighted by atomic mass is 35.5. The number of hydrogen-bond acceptors (Lipinski definition) is 7. The highest BCUT2D eigenvalue weighted by Crippen LogP contribution is 2.37. The number of morpholine rings is 1. The molecule has 1 fully saturated rings. The summed E-state index contributed by atoms with van der Waals surface area (Å²) in [4.78, 5) is 23.0. The molecule has 0 spiro atoms. The largest absolute Gasteiger partial charge is 0.507 e. The monoisotopic (exact) mass is 412 g/mol. The number of hydrogen-bond donors (Lipinski definition) is 5. The Morgan fingerprint density at radius 3 is 2.68 bits per heavy atom. The summed E-state index contributed by atoms with van der Waals surface area (Å²) in [7, 11) is 0. The van der Waals surface area contributed by atoms with Crippen LogP contribution in [0.3, 0.4) is 0 Å². The van der Waals surface area contributed by atoms with Crippen molar-refractivity contribution in [3.63, 3.8) is 0 Å². The molecule has 3 rings (SSSR count). The zero-order valence-electron chi connectivity index (χ0n) is 14.9. The van der Waals surface area contributed by atoms with Crippen LogP contribution < -0.4 is 5.32 Å². The number of nitrogens with one attached hydrogen (secondary N) is 2. The molecule has 0 atom stereocenters. The summed E-state index contributed by atoms with van der Waals surface area (Å²) < 4.78 is 5.29. The molecule has 0 saturated carbocycles. The number of phenolic OH excluding ortho intramolecular Hbond substituents is 2. The van der Waals surface area contributed by atoms with E-state index in [2.05, 4.69) is 20.4 Å². The van der Waals surface area contributed by atoms with Crippen LogP contribution in [0.5, 0.6) is 11.5 Å². The molecule has 0 unspecified atom stereocenters. The normalized spacial score (nSPS) is 14.0. The molecule has 1 aromatic carbocycles. The molecule has 5 N–H and O–H groups in total. The summed E-state index contributed by atoms with van der Waals surface area (Å²) in [6.07, 6.45) is 1.39. The quantitative estimate of drug-likeness (QED) is 0.455. The predicted molar refractivity (Wildman–Crippen MR) is 101 cm³/mol. The van der Waals surface area contributed by atoms with Gasteiger partial charge in [-0.2, -0.15) is 5.10 Å². The number of carboxylic acid groups (broad SMARTS) is 1. The molecular formula is C17H21ClN4O6. The lowest BCUT2D eigenvalue weighted by Crippen LogP contribution is -2.41. The van der Waals surface area contributed by atoms with Gasteiger partial charge in [-0.15, -0.1) is 0 Å². The van der Waals surface area contributed by atoms with Crippen molar-refractivity contribution in [1.29, 1.82) is 0 Å². The smallest absolute Gasteiger partial charge is 0.290 e. The van der Waals surface area contributed by atoms with Gasteiger partial charge < -0.3 is 25.4 Å². The summed E-state index contributed by atoms with van der Waals surface area (Å²) in [5, 5.41) is 35.9. The van der Waals surface area contributed by atoms with Crippen molar-refractivity contribution in [3.8, 4) is 22.8 Å². The Morgan fingerprint density at radius 2 is 2.00 bits per heavy atom. The number of nitrogens with zero attached hydrogens (tertiary/aromatic N) is 2. The Bertz CT molecular complexity index is 807. The lowest BCUT2D eigenvalue weighted by molar-refractivity contribution is -0.122. The van der Waals surface area contributed by atoms with Gasteiger partial charge in [0.05, 0.1) is 35.7 Å². The van der Waals surface area contributed by atoms with Gasteiger partial charge in [0.25, 0.3) is 12.4 Å². The fraction of sp³-hybridized carbons (Fsp3) is 0.353. The number of aromatic nitrogens is 2. The van der Waals surface area contributed by atoms with E-state index < -0.39 is 0 Å². The highest BCUT2D eigenvalue weighted by molar-refractivity contribution is 6.32. The number of amides is 1. The SMILES string of the molecule is O=C(NCCN1CCOCC1)c1cn[nH]c1-c1cc(Cl)c(O)cc1O.O=CO. The molecule has 11 heteroatoms. The molecule has 152 valence electrons. The van der Waals surface area contributed by atoms with E-state index in [1.807, 2.05) is 0 Å². The molecule has 1 amide bonds. The molecule has 28 heavy (non-hydrogen) atoms. The average Bonchev–Trinajstić information content (AvgIpc) is 3.16. The molecule has 0 bridgehead atoms. The summed E-state index contributed by atoms with van der Waals surface area (Å²) >= 11 is 5.89. The number of carbonyl (C=O) groups excluding carboxylic acids is 1. The van der Waals surface area contributed by atoms with Crippen LogP contribution in [0.1, 0.15) is 10.4 Å². The summed E-state index contributed by atoms with van der Waals surface area (Å²) in [5.41, 5.74) is 0.918. The van der Waals surface area contributed by atoms with Crippen molar-refractivity contribution in [2.75, 3.05) is 39.4 Å². The van der Waals surface area contributed by atoms with Gasteiger partial charge in [-0.3, -0.25) is 19.6 Å². The van der Waals surface area contributed by atoms with E-state index in [1.54, 1.807) is 0 Å². The summed E-state index contributed by atoms with van der Waals surface area (Å²) in [6, 6.07) is 2.50. The van der Waals surface area contributed by atoms with Gasteiger partial charge in [0, 0.05) is 37.8 Å². The molecular weight excluding hydrogens is 392 g/mol. The number of ether oxygens (including phenoxy) is 1. The maximum absolute atomic E-state index is 12.4. The van der Waals surface area contributed by atoms with Crippen LogP contribution in [0.4, 0.5) is 0 Å². The van der Waals surface area contributed by atoms with Crippen LogP contribution in [0.25, 0.3) is 11.3 Å². The second kappa shape index (κ2) is 10.5. The molecule has 2 heterocycles. The van der Waals surface area contributed by atoms with Crippen LogP contribution in [0.15, 0.2) is 18.3 Å². The van der Waals surface area contributed by atoms with Crippen molar-refractivity contribution >= 4 is 24.0 Å². The van der Waals surface area contributed by atoms with Crippen molar-refractivity contribution in [2.24, 2.45) is 0 Å². The van der Waals surface area contributed by atoms with E-state index in [4.69, 9.17) is 26.2 Å². The third-order valence-corrected chi connectivity index (χ3v) is 4.34. The summed E-state index contributed by atoms with van der Waals surface area (Å²) in [5.74, 6) is -0.743. The van der Waals surface area contributed by atoms with Crippen LogP contribution >= 0.6 is 11.6 Å². The number of halogens is 1. The molecule has 1 aliphatic rings.